The Labute approximate surface area is 169 Å². The number of rotatable bonds is 4. The van der Waals surface area contributed by atoms with Gasteiger partial charge in [-0.05, 0) is 31.2 Å². The van der Waals surface area contributed by atoms with Crippen LogP contribution in [0.15, 0.2) is 54.6 Å². The highest BCUT2D eigenvalue weighted by atomic mass is 16.6. The number of allylic oxidation sites excluding steroid dienone is 1. The second-order valence-corrected chi connectivity index (χ2v) is 7.74. The SMILES string of the molecule is C=C(C)Cn1c(C2CC(=O)N(c3ccc4c(c3)OCCO4)C2)nc2ccccc21. The molecule has 1 amide bonds. The van der Waals surface area contributed by atoms with Crippen molar-refractivity contribution < 1.29 is 14.3 Å². The maximum Gasteiger partial charge on any atom is 0.227 e. The summed E-state index contributed by atoms with van der Waals surface area (Å²) in [6.45, 7) is 8.46. The molecular weight excluding hydrogens is 366 g/mol. The first-order valence-corrected chi connectivity index (χ1v) is 9.90. The lowest BCUT2D eigenvalue weighted by molar-refractivity contribution is -0.117. The van der Waals surface area contributed by atoms with Crippen LogP contribution in [0.2, 0.25) is 0 Å². The number of fused-ring (bicyclic) bond motifs is 2. The molecule has 1 aromatic heterocycles. The Morgan fingerprint density at radius 1 is 1.17 bits per heavy atom. The summed E-state index contributed by atoms with van der Waals surface area (Å²) >= 11 is 0. The number of anilines is 1. The summed E-state index contributed by atoms with van der Waals surface area (Å²) in [5.41, 5.74) is 3.93. The number of hydrogen-bond donors (Lipinski definition) is 0. The molecule has 0 bridgehead atoms. The Morgan fingerprint density at radius 3 is 2.79 bits per heavy atom. The summed E-state index contributed by atoms with van der Waals surface area (Å²) in [5, 5.41) is 0. The van der Waals surface area contributed by atoms with Gasteiger partial charge in [0.1, 0.15) is 19.0 Å². The first-order chi connectivity index (χ1) is 14.1. The zero-order valence-corrected chi connectivity index (χ0v) is 16.4. The quantitative estimate of drug-likeness (QED) is 0.635. The van der Waals surface area contributed by atoms with Crippen molar-refractivity contribution in [1.82, 2.24) is 9.55 Å². The minimum atomic E-state index is 0.0300. The molecule has 0 aliphatic carbocycles. The summed E-state index contributed by atoms with van der Waals surface area (Å²) < 4.78 is 13.5. The van der Waals surface area contributed by atoms with E-state index in [2.05, 4.69) is 17.2 Å². The number of benzene rings is 2. The van der Waals surface area contributed by atoms with Gasteiger partial charge in [-0.3, -0.25) is 4.79 Å². The second-order valence-electron chi connectivity index (χ2n) is 7.74. The van der Waals surface area contributed by atoms with Crippen LogP contribution in [0, 0.1) is 0 Å². The number of carbonyl (C=O) groups is 1. The van der Waals surface area contributed by atoms with E-state index in [4.69, 9.17) is 14.5 Å². The van der Waals surface area contributed by atoms with Crippen LogP contribution >= 0.6 is 0 Å². The van der Waals surface area contributed by atoms with Gasteiger partial charge in [0, 0.05) is 37.2 Å². The molecule has 0 spiro atoms. The predicted molar refractivity (Wildman–Crippen MR) is 112 cm³/mol. The van der Waals surface area contributed by atoms with Crippen molar-refractivity contribution in [3.8, 4) is 11.5 Å². The van der Waals surface area contributed by atoms with E-state index in [9.17, 15) is 4.79 Å². The third kappa shape index (κ3) is 3.14. The number of amides is 1. The minimum absolute atomic E-state index is 0.0300. The van der Waals surface area contributed by atoms with Crippen molar-refractivity contribution in [3.63, 3.8) is 0 Å². The average Bonchev–Trinajstić information content (AvgIpc) is 3.28. The van der Waals surface area contributed by atoms with Crippen molar-refractivity contribution in [3.05, 3.63) is 60.4 Å². The molecule has 2 aromatic carbocycles. The van der Waals surface area contributed by atoms with E-state index >= 15 is 0 Å². The number of nitrogens with zero attached hydrogens (tertiary/aromatic N) is 3. The maximum atomic E-state index is 12.9. The fraction of sp³-hybridized carbons (Fsp3) is 0.304. The van der Waals surface area contributed by atoms with Crippen LogP contribution in [-0.4, -0.2) is 35.2 Å². The number of hydrogen-bond acceptors (Lipinski definition) is 4. The molecule has 0 N–H and O–H groups in total. The molecule has 2 aliphatic heterocycles. The smallest absolute Gasteiger partial charge is 0.227 e. The summed E-state index contributed by atoms with van der Waals surface area (Å²) in [5.74, 6) is 2.50. The Hall–Kier alpha value is -3.28. The summed E-state index contributed by atoms with van der Waals surface area (Å²) in [7, 11) is 0. The molecule has 1 fully saturated rings. The second kappa shape index (κ2) is 6.95. The van der Waals surface area contributed by atoms with Gasteiger partial charge in [0.15, 0.2) is 11.5 Å². The highest BCUT2D eigenvalue weighted by molar-refractivity contribution is 5.96. The molecule has 1 atom stereocenters. The van der Waals surface area contributed by atoms with Gasteiger partial charge in [0.2, 0.25) is 5.91 Å². The van der Waals surface area contributed by atoms with E-state index in [-0.39, 0.29) is 11.8 Å². The van der Waals surface area contributed by atoms with Crippen LogP contribution in [0.5, 0.6) is 11.5 Å². The van der Waals surface area contributed by atoms with Gasteiger partial charge in [-0.15, -0.1) is 0 Å². The van der Waals surface area contributed by atoms with E-state index in [0.717, 1.165) is 33.9 Å². The number of para-hydroxylation sites is 2. The predicted octanol–water partition coefficient (Wildman–Crippen LogP) is 3.90. The molecule has 29 heavy (non-hydrogen) atoms. The van der Waals surface area contributed by atoms with E-state index in [1.807, 2.05) is 48.2 Å². The molecule has 5 rings (SSSR count). The van der Waals surface area contributed by atoms with Gasteiger partial charge in [0.25, 0.3) is 0 Å². The van der Waals surface area contributed by atoms with Crippen molar-refractivity contribution in [1.29, 1.82) is 0 Å². The van der Waals surface area contributed by atoms with Gasteiger partial charge in [-0.25, -0.2) is 4.98 Å². The van der Waals surface area contributed by atoms with Gasteiger partial charge in [-0.1, -0.05) is 24.3 Å². The normalized spacial score (nSPS) is 18.4. The summed E-state index contributed by atoms with van der Waals surface area (Å²) in [6.07, 6.45) is 0.438. The fourth-order valence-electron chi connectivity index (χ4n) is 4.17. The Kier molecular flexibility index (Phi) is 4.27. The zero-order valence-electron chi connectivity index (χ0n) is 16.4. The summed E-state index contributed by atoms with van der Waals surface area (Å²) in [4.78, 5) is 19.6. The van der Waals surface area contributed by atoms with Crippen LogP contribution < -0.4 is 14.4 Å². The molecule has 0 radical (unpaired) electrons. The number of ether oxygens (including phenoxy) is 2. The van der Waals surface area contributed by atoms with E-state index in [1.165, 1.54) is 0 Å². The van der Waals surface area contributed by atoms with Gasteiger partial charge < -0.3 is 18.9 Å². The molecule has 1 saturated heterocycles. The van der Waals surface area contributed by atoms with Crippen molar-refractivity contribution in [2.24, 2.45) is 0 Å². The molecular formula is C23H23N3O3. The van der Waals surface area contributed by atoms with Gasteiger partial charge in [-0.2, -0.15) is 0 Å². The van der Waals surface area contributed by atoms with Crippen LogP contribution in [-0.2, 0) is 11.3 Å². The highest BCUT2D eigenvalue weighted by Gasteiger charge is 2.35. The Morgan fingerprint density at radius 2 is 1.97 bits per heavy atom. The van der Waals surface area contributed by atoms with Crippen molar-refractivity contribution in [2.75, 3.05) is 24.7 Å². The standard InChI is InChI=1S/C23H23N3O3/c1-15(2)13-26-19-6-4-3-5-18(19)24-23(26)16-11-22(27)25(14-16)17-7-8-20-21(12-17)29-10-9-28-20/h3-8,12,16H,1,9-11,13-14H2,2H3. The number of carbonyl (C=O) groups excluding carboxylic acids is 1. The number of aromatic nitrogens is 2. The average molecular weight is 389 g/mol. The van der Waals surface area contributed by atoms with E-state index < -0.39 is 0 Å². The lowest BCUT2D eigenvalue weighted by atomic mass is 10.1. The molecule has 1 unspecified atom stereocenters. The summed E-state index contributed by atoms with van der Waals surface area (Å²) in [6, 6.07) is 13.8. The zero-order chi connectivity index (χ0) is 20.0. The minimum Gasteiger partial charge on any atom is -0.486 e. The third-order valence-electron chi connectivity index (χ3n) is 5.44. The van der Waals surface area contributed by atoms with Crippen LogP contribution in [0.3, 0.4) is 0 Å². The van der Waals surface area contributed by atoms with Crippen LogP contribution in [0.25, 0.3) is 11.0 Å². The van der Waals surface area contributed by atoms with Crippen LogP contribution in [0.1, 0.15) is 25.1 Å². The van der Waals surface area contributed by atoms with Crippen LogP contribution in [0.4, 0.5) is 5.69 Å². The Balaban J connectivity index is 1.48. The molecule has 3 heterocycles. The third-order valence-corrected chi connectivity index (χ3v) is 5.44. The molecule has 6 heteroatoms. The van der Waals surface area contributed by atoms with Gasteiger partial charge >= 0.3 is 0 Å². The largest absolute Gasteiger partial charge is 0.486 e. The van der Waals surface area contributed by atoms with Crippen molar-refractivity contribution in [2.45, 2.75) is 25.8 Å². The molecule has 148 valence electrons. The first kappa shape index (κ1) is 17.8. The first-order valence-electron chi connectivity index (χ1n) is 9.90. The monoisotopic (exact) mass is 389 g/mol. The van der Waals surface area contributed by atoms with E-state index in [1.54, 1.807) is 0 Å². The topological polar surface area (TPSA) is 56.6 Å². The fourth-order valence-corrected chi connectivity index (χ4v) is 4.17. The Bertz CT molecular complexity index is 1120. The van der Waals surface area contributed by atoms with Gasteiger partial charge in [0.05, 0.1) is 11.0 Å². The molecule has 6 nitrogen and oxygen atoms in total. The maximum absolute atomic E-state index is 12.9. The lowest BCUT2D eigenvalue weighted by Gasteiger charge is -2.22. The van der Waals surface area contributed by atoms with Crippen molar-refractivity contribution >= 4 is 22.6 Å². The molecule has 2 aliphatic rings. The highest BCUT2D eigenvalue weighted by Crippen LogP contribution is 2.38. The molecule has 0 saturated carbocycles. The lowest BCUT2D eigenvalue weighted by Crippen LogP contribution is -2.25. The van der Waals surface area contributed by atoms with E-state index in [0.29, 0.717) is 38.5 Å². The number of imidazole rings is 1. The molecule has 3 aromatic rings.